The molecule has 2 nitrogen and oxygen atoms in total. The first-order valence-electron chi connectivity index (χ1n) is 4.86. The van der Waals surface area contributed by atoms with E-state index >= 15 is 0 Å². The van der Waals surface area contributed by atoms with Crippen molar-refractivity contribution in [1.29, 1.82) is 0 Å². The Kier molecular flexibility index (Phi) is 2.81. The van der Waals surface area contributed by atoms with E-state index in [4.69, 9.17) is 4.74 Å². The van der Waals surface area contributed by atoms with Crippen LogP contribution in [0.5, 0.6) is 5.75 Å². The highest BCUT2D eigenvalue weighted by atomic mass is 19.1. The molecule has 0 radical (unpaired) electrons. The van der Waals surface area contributed by atoms with Crippen molar-refractivity contribution in [1.82, 2.24) is 4.98 Å². The van der Waals surface area contributed by atoms with Gasteiger partial charge in [-0.3, -0.25) is 4.98 Å². The Morgan fingerprint density at radius 3 is 2.93 bits per heavy atom. The SMILES string of the molecule is Cc1ccc2cc(OCCF)ccc2n1. The van der Waals surface area contributed by atoms with Crippen molar-refractivity contribution in [3.05, 3.63) is 36.0 Å². The van der Waals surface area contributed by atoms with Crippen LogP contribution in [-0.2, 0) is 0 Å². The Bertz CT molecular complexity index is 470. The number of fused-ring (bicyclic) bond motifs is 1. The van der Waals surface area contributed by atoms with E-state index < -0.39 is 6.67 Å². The highest BCUT2D eigenvalue weighted by Gasteiger charge is 1.98. The van der Waals surface area contributed by atoms with Crippen molar-refractivity contribution in [2.45, 2.75) is 6.92 Å². The summed E-state index contributed by atoms with van der Waals surface area (Å²) in [6.45, 7) is 1.59. The molecule has 0 aliphatic heterocycles. The summed E-state index contributed by atoms with van der Waals surface area (Å²) in [6, 6.07) is 9.50. The predicted octanol–water partition coefficient (Wildman–Crippen LogP) is 2.89. The van der Waals surface area contributed by atoms with Gasteiger partial charge in [-0.05, 0) is 31.2 Å². The van der Waals surface area contributed by atoms with Gasteiger partial charge in [-0.2, -0.15) is 0 Å². The highest BCUT2D eigenvalue weighted by Crippen LogP contribution is 2.19. The molecule has 0 fully saturated rings. The van der Waals surface area contributed by atoms with Gasteiger partial charge < -0.3 is 4.74 Å². The topological polar surface area (TPSA) is 22.1 Å². The molecular weight excluding hydrogens is 193 g/mol. The van der Waals surface area contributed by atoms with Crippen LogP contribution in [0, 0.1) is 6.92 Å². The van der Waals surface area contributed by atoms with Crippen LogP contribution in [0.4, 0.5) is 4.39 Å². The van der Waals surface area contributed by atoms with Crippen molar-refractivity contribution in [2.24, 2.45) is 0 Å². The average molecular weight is 205 g/mol. The number of aryl methyl sites for hydroxylation is 1. The Balaban J connectivity index is 2.34. The fraction of sp³-hybridized carbons (Fsp3) is 0.250. The van der Waals surface area contributed by atoms with Crippen molar-refractivity contribution in [3.63, 3.8) is 0 Å². The van der Waals surface area contributed by atoms with Gasteiger partial charge in [0.25, 0.3) is 0 Å². The van der Waals surface area contributed by atoms with E-state index in [0.717, 1.165) is 16.6 Å². The zero-order valence-electron chi connectivity index (χ0n) is 8.53. The summed E-state index contributed by atoms with van der Waals surface area (Å²) in [7, 11) is 0. The highest BCUT2D eigenvalue weighted by molar-refractivity contribution is 5.80. The molecule has 15 heavy (non-hydrogen) atoms. The fourth-order valence-electron chi connectivity index (χ4n) is 1.45. The van der Waals surface area contributed by atoms with E-state index in [1.807, 2.05) is 37.3 Å². The quantitative estimate of drug-likeness (QED) is 0.768. The van der Waals surface area contributed by atoms with Crippen LogP contribution in [0.15, 0.2) is 30.3 Å². The van der Waals surface area contributed by atoms with Gasteiger partial charge in [0.1, 0.15) is 19.0 Å². The lowest BCUT2D eigenvalue weighted by Crippen LogP contribution is -1.98. The molecule has 0 saturated heterocycles. The van der Waals surface area contributed by atoms with Gasteiger partial charge in [0.2, 0.25) is 0 Å². The number of halogens is 1. The summed E-state index contributed by atoms with van der Waals surface area (Å²) < 4.78 is 17.1. The molecule has 2 rings (SSSR count). The molecule has 0 atom stereocenters. The van der Waals surface area contributed by atoms with Crippen LogP contribution in [0.2, 0.25) is 0 Å². The van der Waals surface area contributed by atoms with E-state index in [1.54, 1.807) is 0 Å². The van der Waals surface area contributed by atoms with E-state index in [-0.39, 0.29) is 6.61 Å². The molecule has 1 aromatic carbocycles. The van der Waals surface area contributed by atoms with Crippen LogP contribution < -0.4 is 4.74 Å². The van der Waals surface area contributed by atoms with Crippen LogP contribution in [-0.4, -0.2) is 18.3 Å². The lowest BCUT2D eigenvalue weighted by Gasteiger charge is -2.05. The molecule has 0 N–H and O–H groups in total. The largest absolute Gasteiger partial charge is 0.491 e. The molecule has 0 aliphatic rings. The van der Waals surface area contributed by atoms with Crippen LogP contribution in [0.1, 0.15) is 5.69 Å². The molecule has 1 heterocycles. The zero-order valence-corrected chi connectivity index (χ0v) is 8.53. The van der Waals surface area contributed by atoms with Crippen LogP contribution >= 0.6 is 0 Å². The summed E-state index contributed by atoms with van der Waals surface area (Å²) in [4.78, 5) is 4.37. The third-order valence-electron chi connectivity index (χ3n) is 2.15. The molecule has 2 aromatic rings. The number of alkyl halides is 1. The Morgan fingerprint density at radius 2 is 2.13 bits per heavy atom. The summed E-state index contributed by atoms with van der Waals surface area (Å²) in [6.07, 6.45) is 0. The van der Waals surface area contributed by atoms with Crippen molar-refractivity contribution < 1.29 is 9.13 Å². The van der Waals surface area contributed by atoms with Gasteiger partial charge in [-0.25, -0.2) is 4.39 Å². The number of aromatic nitrogens is 1. The minimum Gasteiger partial charge on any atom is -0.491 e. The number of rotatable bonds is 3. The number of pyridine rings is 1. The Labute approximate surface area is 87.7 Å². The smallest absolute Gasteiger partial charge is 0.123 e. The third kappa shape index (κ3) is 2.24. The minimum absolute atomic E-state index is 0.102. The zero-order chi connectivity index (χ0) is 10.7. The third-order valence-corrected chi connectivity index (χ3v) is 2.15. The van der Waals surface area contributed by atoms with Crippen molar-refractivity contribution in [2.75, 3.05) is 13.3 Å². The predicted molar refractivity (Wildman–Crippen MR) is 58.0 cm³/mol. The maximum Gasteiger partial charge on any atom is 0.123 e. The minimum atomic E-state index is -0.468. The number of hydrogen-bond donors (Lipinski definition) is 0. The fourth-order valence-corrected chi connectivity index (χ4v) is 1.45. The van der Waals surface area contributed by atoms with Gasteiger partial charge >= 0.3 is 0 Å². The second-order valence-corrected chi connectivity index (χ2v) is 3.34. The number of hydrogen-bond acceptors (Lipinski definition) is 2. The molecule has 0 spiro atoms. The molecular formula is C12H12FNO. The number of ether oxygens (including phenoxy) is 1. The molecule has 0 bridgehead atoms. The normalized spacial score (nSPS) is 10.5. The number of benzene rings is 1. The molecule has 0 unspecified atom stereocenters. The summed E-state index contributed by atoms with van der Waals surface area (Å²) in [5.74, 6) is 0.686. The summed E-state index contributed by atoms with van der Waals surface area (Å²) in [5, 5.41) is 1.01. The molecule has 1 aromatic heterocycles. The first kappa shape index (κ1) is 9.90. The molecule has 0 amide bonds. The lowest BCUT2D eigenvalue weighted by atomic mass is 10.2. The summed E-state index contributed by atoms with van der Waals surface area (Å²) in [5.41, 5.74) is 1.92. The van der Waals surface area contributed by atoms with Crippen LogP contribution in [0.3, 0.4) is 0 Å². The van der Waals surface area contributed by atoms with Gasteiger partial charge in [0, 0.05) is 11.1 Å². The molecule has 3 heteroatoms. The maximum absolute atomic E-state index is 11.9. The maximum atomic E-state index is 11.9. The second kappa shape index (κ2) is 4.26. The van der Waals surface area contributed by atoms with Gasteiger partial charge in [-0.1, -0.05) is 6.07 Å². The number of nitrogens with zero attached hydrogens (tertiary/aromatic N) is 1. The molecule has 0 saturated carbocycles. The van der Waals surface area contributed by atoms with Gasteiger partial charge in [-0.15, -0.1) is 0 Å². The van der Waals surface area contributed by atoms with E-state index in [2.05, 4.69) is 4.98 Å². The Morgan fingerprint density at radius 1 is 1.27 bits per heavy atom. The first-order valence-corrected chi connectivity index (χ1v) is 4.86. The van der Waals surface area contributed by atoms with Crippen LogP contribution in [0.25, 0.3) is 10.9 Å². The van der Waals surface area contributed by atoms with E-state index in [1.165, 1.54) is 0 Å². The first-order chi connectivity index (χ1) is 7.29. The van der Waals surface area contributed by atoms with Crippen molar-refractivity contribution in [3.8, 4) is 5.75 Å². The van der Waals surface area contributed by atoms with Gasteiger partial charge in [0.05, 0.1) is 5.52 Å². The molecule has 78 valence electrons. The van der Waals surface area contributed by atoms with E-state index in [9.17, 15) is 4.39 Å². The van der Waals surface area contributed by atoms with Crippen molar-refractivity contribution >= 4 is 10.9 Å². The van der Waals surface area contributed by atoms with E-state index in [0.29, 0.717) is 5.75 Å². The summed E-state index contributed by atoms with van der Waals surface area (Å²) >= 11 is 0. The van der Waals surface area contributed by atoms with Gasteiger partial charge in [0.15, 0.2) is 0 Å². The average Bonchev–Trinajstić information content (AvgIpc) is 2.26. The molecule has 0 aliphatic carbocycles. The Hall–Kier alpha value is -1.64. The standard InChI is InChI=1S/C12H12FNO/c1-9-2-3-10-8-11(15-7-6-13)4-5-12(10)14-9/h2-5,8H,6-7H2,1H3. The monoisotopic (exact) mass is 205 g/mol. The second-order valence-electron chi connectivity index (χ2n) is 3.34. The lowest BCUT2D eigenvalue weighted by molar-refractivity contribution is 0.273.